The van der Waals surface area contributed by atoms with Gasteiger partial charge in [-0.15, -0.1) is 0 Å². The third kappa shape index (κ3) is 8.27. The zero-order valence-corrected chi connectivity index (χ0v) is 16.8. The molecule has 0 spiro atoms. The zero-order chi connectivity index (χ0) is 17.8. The van der Waals surface area contributed by atoms with Gasteiger partial charge in [-0.3, -0.25) is 0 Å². The Hall–Kier alpha value is -1.21. The van der Waals surface area contributed by atoms with Crippen molar-refractivity contribution >= 4 is 32.9 Å². The molecular formula is C16H26BrFN4S. The average molecular weight is 405 g/mol. The van der Waals surface area contributed by atoms with E-state index in [0.29, 0.717) is 5.17 Å². The lowest BCUT2D eigenvalue weighted by atomic mass is 10.3. The first-order valence-electron chi connectivity index (χ1n) is 7.30. The molecule has 4 nitrogen and oxygen atoms in total. The Bertz CT molecular complexity index is 498. The first-order valence-corrected chi connectivity index (χ1v) is 9.09. The van der Waals surface area contributed by atoms with Crippen LogP contribution in [0.3, 0.4) is 0 Å². The number of allylic oxidation sites excluding steroid dienone is 4. The molecule has 1 atom stereocenters. The van der Waals surface area contributed by atoms with Crippen molar-refractivity contribution < 1.29 is 4.39 Å². The minimum Gasteiger partial charge on any atom is -0.373 e. The Morgan fingerprint density at radius 1 is 1.52 bits per heavy atom. The number of hydrogen-bond acceptors (Lipinski definition) is 4. The Kier molecular flexibility index (Phi) is 11.6. The van der Waals surface area contributed by atoms with Crippen molar-refractivity contribution in [3.05, 3.63) is 47.7 Å². The van der Waals surface area contributed by atoms with Crippen LogP contribution in [-0.2, 0) is 0 Å². The lowest BCUT2D eigenvalue weighted by Crippen LogP contribution is -2.35. The topological polar surface area (TPSA) is 39.7 Å². The van der Waals surface area contributed by atoms with Gasteiger partial charge in [0, 0.05) is 14.1 Å². The summed E-state index contributed by atoms with van der Waals surface area (Å²) in [6.07, 6.45) is 4.99. The second-order valence-electron chi connectivity index (χ2n) is 4.46. The van der Waals surface area contributed by atoms with Crippen LogP contribution in [0.15, 0.2) is 52.7 Å². The van der Waals surface area contributed by atoms with Gasteiger partial charge in [0.2, 0.25) is 0 Å². The van der Waals surface area contributed by atoms with Gasteiger partial charge < -0.3 is 15.5 Å². The van der Waals surface area contributed by atoms with E-state index in [4.69, 9.17) is 0 Å². The van der Waals surface area contributed by atoms with Crippen molar-refractivity contribution in [2.24, 2.45) is 4.99 Å². The van der Waals surface area contributed by atoms with Crippen molar-refractivity contribution in [3.8, 4) is 0 Å². The SMILES string of the molecule is C=CS\C(=N/C=C(F)\C=C/C)N(C)/C(NC)=C(\CC)NC(C)Br. The highest BCUT2D eigenvalue weighted by Gasteiger charge is 2.15. The first kappa shape index (κ1) is 21.8. The van der Waals surface area contributed by atoms with Gasteiger partial charge in [0.15, 0.2) is 5.17 Å². The molecule has 1 unspecified atom stereocenters. The molecule has 0 bridgehead atoms. The van der Waals surface area contributed by atoms with E-state index in [1.807, 2.05) is 25.9 Å². The summed E-state index contributed by atoms with van der Waals surface area (Å²) in [5.41, 5.74) is 1.02. The minimum atomic E-state index is -0.402. The van der Waals surface area contributed by atoms with Crippen LogP contribution in [0, 0.1) is 0 Å². The summed E-state index contributed by atoms with van der Waals surface area (Å²) in [4.78, 5) is 6.23. The number of halogens is 2. The van der Waals surface area contributed by atoms with Crippen LogP contribution in [0.2, 0.25) is 0 Å². The fraction of sp³-hybridized carbons (Fsp3) is 0.438. The van der Waals surface area contributed by atoms with Crippen molar-refractivity contribution in [2.75, 3.05) is 14.1 Å². The molecule has 7 heteroatoms. The molecule has 0 saturated carbocycles. The van der Waals surface area contributed by atoms with E-state index in [1.165, 1.54) is 24.0 Å². The molecular weight excluding hydrogens is 379 g/mol. The highest BCUT2D eigenvalue weighted by atomic mass is 79.9. The number of amidine groups is 1. The van der Waals surface area contributed by atoms with Gasteiger partial charge in [0.25, 0.3) is 0 Å². The summed E-state index contributed by atoms with van der Waals surface area (Å²) < 4.78 is 13.5. The first-order chi connectivity index (χ1) is 10.9. The maximum atomic E-state index is 13.5. The van der Waals surface area contributed by atoms with Crippen LogP contribution in [0.25, 0.3) is 0 Å². The fourth-order valence-electron chi connectivity index (χ4n) is 1.78. The van der Waals surface area contributed by atoms with E-state index in [0.717, 1.165) is 17.9 Å². The number of nitrogens with one attached hydrogen (secondary N) is 2. The van der Waals surface area contributed by atoms with Crippen molar-refractivity contribution in [1.29, 1.82) is 0 Å². The smallest absolute Gasteiger partial charge is 0.173 e. The third-order valence-electron chi connectivity index (χ3n) is 2.68. The van der Waals surface area contributed by atoms with Gasteiger partial charge in [0.05, 0.1) is 16.8 Å². The highest BCUT2D eigenvalue weighted by molar-refractivity contribution is 9.09. The summed E-state index contributed by atoms with van der Waals surface area (Å²) in [5, 5.41) is 8.79. The maximum Gasteiger partial charge on any atom is 0.173 e. The summed E-state index contributed by atoms with van der Waals surface area (Å²) in [6.45, 7) is 9.53. The standard InChI is InChI=1S/C16H26BrFN4S/c1-7-10-13(18)11-20-16(23-9-3)22(6)15(19-5)14(8-2)21-12(4)17/h7,9-12,19,21H,3,8H2,1-2,4-6H3/b10-7-,13-11+,15-14+,20-16-. The molecule has 0 amide bonds. The Morgan fingerprint density at radius 3 is 2.61 bits per heavy atom. The van der Waals surface area contributed by atoms with Crippen molar-refractivity contribution in [1.82, 2.24) is 15.5 Å². The van der Waals surface area contributed by atoms with Gasteiger partial charge in [0.1, 0.15) is 11.6 Å². The van der Waals surface area contributed by atoms with Gasteiger partial charge in [-0.1, -0.05) is 47.3 Å². The highest BCUT2D eigenvalue weighted by Crippen LogP contribution is 2.17. The van der Waals surface area contributed by atoms with Gasteiger partial charge >= 0.3 is 0 Å². The summed E-state index contributed by atoms with van der Waals surface area (Å²) in [7, 11) is 3.72. The van der Waals surface area contributed by atoms with Gasteiger partial charge in [-0.25, -0.2) is 9.38 Å². The van der Waals surface area contributed by atoms with Gasteiger partial charge in [-0.2, -0.15) is 0 Å². The zero-order valence-electron chi connectivity index (χ0n) is 14.4. The third-order valence-corrected chi connectivity index (χ3v) is 3.67. The quantitative estimate of drug-likeness (QED) is 0.203. The van der Waals surface area contributed by atoms with Crippen LogP contribution in [-0.4, -0.2) is 29.1 Å². The Balaban J connectivity index is 5.68. The van der Waals surface area contributed by atoms with E-state index in [2.05, 4.69) is 45.1 Å². The average Bonchev–Trinajstić information content (AvgIpc) is 2.50. The number of aliphatic imine (C=N–C) groups is 1. The maximum absolute atomic E-state index is 13.5. The Labute approximate surface area is 151 Å². The second kappa shape index (κ2) is 12.2. The monoisotopic (exact) mass is 404 g/mol. The molecule has 0 aliphatic carbocycles. The molecule has 2 N–H and O–H groups in total. The molecule has 0 radical (unpaired) electrons. The lowest BCUT2D eigenvalue weighted by molar-refractivity contribution is 0.550. The van der Waals surface area contributed by atoms with Gasteiger partial charge in [-0.05, 0) is 31.8 Å². The molecule has 0 fully saturated rings. The Morgan fingerprint density at radius 2 is 2.17 bits per heavy atom. The van der Waals surface area contributed by atoms with E-state index in [9.17, 15) is 4.39 Å². The van der Waals surface area contributed by atoms with Crippen molar-refractivity contribution in [3.63, 3.8) is 0 Å². The normalized spacial score (nSPS) is 15.3. The molecule has 130 valence electrons. The molecule has 0 aromatic rings. The molecule has 23 heavy (non-hydrogen) atoms. The van der Waals surface area contributed by atoms with Crippen molar-refractivity contribution in [2.45, 2.75) is 32.1 Å². The van der Waals surface area contributed by atoms with Crippen LogP contribution in [0.4, 0.5) is 4.39 Å². The molecule has 0 aromatic carbocycles. The molecule has 0 aliphatic rings. The van der Waals surface area contributed by atoms with Crippen LogP contribution in [0.5, 0.6) is 0 Å². The summed E-state index contributed by atoms with van der Waals surface area (Å²) in [5.74, 6) is 0.465. The molecule has 0 heterocycles. The predicted octanol–water partition coefficient (Wildman–Crippen LogP) is 4.67. The number of hydrogen-bond donors (Lipinski definition) is 2. The van der Waals surface area contributed by atoms with Crippen LogP contribution in [0.1, 0.15) is 27.2 Å². The summed E-state index contributed by atoms with van der Waals surface area (Å²) >= 11 is 4.81. The van der Waals surface area contributed by atoms with E-state index >= 15 is 0 Å². The fourth-order valence-corrected chi connectivity index (χ4v) is 2.57. The van der Waals surface area contributed by atoms with E-state index in [-0.39, 0.29) is 4.95 Å². The molecule has 0 rings (SSSR count). The lowest BCUT2D eigenvalue weighted by Gasteiger charge is -2.26. The molecule has 0 saturated heterocycles. The predicted molar refractivity (Wildman–Crippen MR) is 105 cm³/mol. The van der Waals surface area contributed by atoms with Crippen LogP contribution < -0.4 is 10.6 Å². The number of nitrogens with zero attached hydrogens (tertiary/aromatic N) is 2. The number of alkyl halides is 1. The summed E-state index contributed by atoms with van der Waals surface area (Å²) in [6, 6.07) is 0. The molecule has 0 aliphatic heterocycles. The van der Waals surface area contributed by atoms with E-state index in [1.54, 1.807) is 18.4 Å². The van der Waals surface area contributed by atoms with E-state index < -0.39 is 5.83 Å². The molecule has 0 aromatic heterocycles. The second-order valence-corrected chi connectivity index (χ2v) is 6.77. The largest absolute Gasteiger partial charge is 0.373 e. The number of rotatable bonds is 8. The van der Waals surface area contributed by atoms with Crippen LogP contribution >= 0.6 is 27.7 Å². The number of thioether (sulfide) groups is 1. The minimum absolute atomic E-state index is 0.133.